The first-order chi connectivity index (χ1) is 10.1. The number of aryl methyl sites for hydroxylation is 2. The number of rotatable bonds is 5. The zero-order valence-corrected chi connectivity index (χ0v) is 12.8. The number of ether oxygens (including phenoxy) is 1. The molecule has 0 saturated heterocycles. The highest BCUT2D eigenvalue weighted by molar-refractivity contribution is 5.93. The van der Waals surface area contributed by atoms with Crippen molar-refractivity contribution in [3.8, 4) is 5.75 Å². The molecule has 0 heterocycles. The van der Waals surface area contributed by atoms with Gasteiger partial charge in [-0.3, -0.25) is 4.79 Å². The van der Waals surface area contributed by atoms with Crippen molar-refractivity contribution in [3.63, 3.8) is 0 Å². The molecule has 110 valence electrons. The molecule has 0 bridgehead atoms. The van der Waals surface area contributed by atoms with Crippen LogP contribution in [0.15, 0.2) is 42.5 Å². The molecule has 0 radical (unpaired) electrons. The Bertz CT molecular complexity index is 635. The van der Waals surface area contributed by atoms with Crippen LogP contribution < -0.4 is 10.1 Å². The summed E-state index contributed by atoms with van der Waals surface area (Å²) < 4.78 is 5.58. The van der Waals surface area contributed by atoms with Crippen LogP contribution in [0.25, 0.3) is 0 Å². The summed E-state index contributed by atoms with van der Waals surface area (Å²) >= 11 is 0. The molecule has 0 fully saturated rings. The molecule has 0 atom stereocenters. The molecule has 3 heteroatoms. The average molecular weight is 283 g/mol. The highest BCUT2D eigenvalue weighted by Gasteiger charge is 2.10. The van der Waals surface area contributed by atoms with Gasteiger partial charge in [0.05, 0.1) is 18.7 Å². The van der Waals surface area contributed by atoms with Gasteiger partial charge in [-0.15, -0.1) is 0 Å². The first kappa shape index (κ1) is 15.1. The van der Waals surface area contributed by atoms with Crippen LogP contribution in [0.2, 0.25) is 0 Å². The van der Waals surface area contributed by atoms with Crippen molar-refractivity contribution in [1.82, 2.24) is 0 Å². The normalized spacial score (nSPS) is 10.2. The number of hydrogen-bond acceptors (Lipinski definition) is 2. The molecule has 0 aromatic heterocycles. The molecule has 0 saturated carbocycles. The Kier molecular flexibility index (Phi) is 4.99. The average Bonchev–Trinajstić information content (AvgIpc) is 2.45. The maximum Gasteiger partial charge on any atom is 0.228 e. The van der Waals surface area contributed by atoms with Crippen LogP contribution in [0.3, 0.4) is 0 Å². The van der Waals surface area contributed by atoms with Crippen molar-refractivity contribution < 1.29 is 9.53 Å². The fourth-order valence-electron chi connectivity index (χ4n) is 2.18. The van der Waals surface area contributed by atoms with Gasteiger partial charge in [-0.05, 0) is 49.6 Å². The van der Waals surface area contributed by atoms with E-state index >= 15 is 0 Å². The summed E-state index contributed by atoms with van der Waals surface area (Å²) in [6, 6.07) is 13.7. The van der Waals surface area contributed by atoms with Crippen molar-refractivity contribution in [2.24, 2.45) is 0 Å². The summed E-state index contributed by atoms with van der Waals surface area (Å²) in [6.45, 7) is 6.52. The van der Waals surface area contributed by atoms with Crippen molar-refractivity contribution in [2.75, 3.05) is 11.9 Å². The molecular formula is C18H21NO2. The molecule has 1 amide bonds. The third-order valence-electron chi connectivity index (χ3n) is 3.32. The van der Waals surface area contributed by atoms with Crippen LogP contribution in [-0.2, 0) is 11.2 Å². The van der Waals surface area contributed by atoms with E-state index in [1.54, 1.807) is 0 Å². The SMILES string of the molecule is CCOc1cc(C)ccc1NC(=O)Cc1ccccc1C. The van der Waals surface area contributed by atoms with E-state index in [9.17, 15) is 4.79 Å². The highest BCUT2D eigenvalue weighted by Crippen LogP contribution is 2.26. The molecule has 2 aromatic carbocycles. The number of nitrogens with one attached hydrogen (secondary N) is 1. The third-order valence-corrected chi connectivity index (χ3v) is 3.32. The van der Waals surface area contributed by atoms with Crippen LogP contribution in [0.4, 0.5) is 5.69 Å². The number of carbonyl (C=O) groups is 1. The Morgan fingerprint density at radius 1 is 1.14 bits per heavy atom. The minimum absolute atomic E-state index is 0.0332. The third kappa shape index (κ3) is 4.09. The molecule has 0 unspecified atom stereocenters. The van der Waals surface area contributed by atoms with Gasteiger partial charge in [0.1, 0.15) is 5.75 Å². The summed E-state index contributed by atoms with van der Waals surface area (Å²) in [5, 5.41) is 2.93. The second-order valence-corrected chi connectivity index (χ2v) is 5.08. The number of anilines is 1. The van der Waals surface area contributed by atoms with Gasteiger partial charge in [0.25, 0.3) is 0 Å². The van der Waals surface area contributed by atoms with Crippen LogP contribution in [0.1, 0.15) is 23.6 Å². The standard InChI is InChI=1S/C18H21NO2/c1-4-21-17-11-13(2)9-10-16(17)19-18(20)12-15-8-6-5-7-14(15)3/h5-11H,4,12H2,1-3H3,(H,19,20). The molecule has 0 aliphatic heterocycles. The van der Waals surface area contributed by atoms with E-state index in [2.05, 4.69) is 5.32 Å². The van der Waals surface area contributed by atoms with Crippen molar-refractivity contribution in [2.45, 2.75) is 27.2 Å². The predicted octanol–water partition coefficient (Wildman–Crippen LogP) is 3.88. The Morgan fingerprint density at radius 3 is 2.62 bits per heavy atom. The minimum Gasteiger partial charge on any atom is -0.492 e. The molecular weight excluding hydrogens is 262 g/mol. The van der Waals surface area contributed by atoms with E-state index in [0.29, 0.717) is 13.0 Å². The zero-order valence-electron chi connectivity index (χ0n) is 12.8. The Morgan fingerprint density at radius 2 is 1.90 bits per heavy atom. The maximum atomic E-state index is 12.2. The number of carbonyl (C=O) groups excluding carboxylic acids is 1. The molecule has 21 heavy (non-hydrogen) atoms. The van der Waals surface area contributed by atoms with Gasteiger partial charge in [-0.1, -0.05) is 30.3 Å². The van der Waals surface area contributed by atoms with Crippen LogP contribution in [0, 0.1) is 13.8 Å². The Hall–Kier alpha value is -2.29. The van der Waals surface area contributed by atoms with E-state index in [1.165, 1.54) is 0 Å². The number of benzene rings is 2. The maximum absolute atomic E-state index is 12.2. The molecule has 1 N–H and O–H groups in total. The van der Waals surface area contributed by atoms with E-state index in [1.807, 2.05) is 63.2 Å². The first-order valence-electron chi connectivity index (χ1n) is 7.18. The van der Waals surface area contributed by atoms with Crippen LogP contribution in [-0.4, -0.2) is 12.5 Å². The lowest BCUT2D eigenvalue weighted by atomic mass is 10.1. The fraction of sp³-hybridized carbons (Fsp3) is 0.278. The fourth-order valence-corrected chi connectivity index (χ4v) is 2.18. The summed E-state index contributed by atoms with van der Waals surface area (Å²) in [7, 11) is 0. The second-order valence-electron chi connectivity index (χ2n) is 5.08. The van der Waals surface area contributed by atoms with Crippen molar-refractivity contribution >= 4 is 11.6 Å². The van der Waals surface area contributed by atoms with Gasteiger partial charge in [0.2, 0.25) is 5.91 Å². The summed E-state index contributed by atoms with van der Waals surface area (Å²) in [5.41, 5.74) is 4.00. The Balaban J connectivity index is 2.11. The summed E-state index contributed by atoms with van der Waals surface area (Å²) in [5.74, 6) is 0.685. The van der Waals surface area contributed by atoms with Gasteiger partial charge in [-0.25, -0.2) is 0 Å². The van der Waals surface area contributed by atoms with Gasteiger partial charge in [0.15, 0.2) is 0 Å². The molecule has 0 aliphatic rings. The van der Waals surface area contributed by atoms with Gasteiger partial charge >= 0.3 is 0 Å². The van der Waals surface area contributed by atoms with E-state index in [-0.39, 0.29) is 5.91 Å². The lowest BCUT2D eigenvalue weighted by Crippen LogP contribution is -2.15. The lowest BCUT2D eigenvalue weighted by Gasteiger charge is -2.13. The summed E-state index contributed by atoms with van der Waals surface area (Å²) in [6.07, 6.45) is 0.367. The van der Waals surface area contributed by atoms with Crippen molar-refractivity contribution in [3.05, 3.63) is 59.2 Å². The monoisotopic (exact) mass is 283 g/mol. The lowest BCUT2D eigenvalue weighted by molar-refractivity contribution is -0.115. The first-order valence-corrected chi connectivity index (χ1v) is 7.18. The topological polar surface area (TPSA) is 38.3 Å². The van der Waals surface area contributed by atoms with Gasteiger partial charge < -0.3 is 10.1 Å². The van der Waals surface area contributed by atoms with Crippen LogP contribution >= 0.6 is 0 Å². The van der Waals surface area contributed by atoms with Crippen molar-refractivity contribution in [1.29, 1.82) is 0 Å². The highest BCUT2D eigenvalue weighted by atomic mass is 16.5. The number of amides is 1. The number of hydrogen-bond donors (Lipinski definition) is 1. The second kappa shape index (κ2) is 6.93. The smallest absolute Gasteiger partial charge is 0.228 e. The minimum atomic E-state index is -0.0332. The largest absolute Gasteiger partial charge is 0.492 e. The molecule has 3 nitrogen and oxygen atoms in total. The molecule has 2 aromatic rings. The molecule has 2 rings (SSSR count). The molecule has 0 aliphatic carbocycles. The summed E-state index contributed by atoms with van der Waals surface area (Å²) in [4.78, 5) is 12.2. The zero-order chi connectivity index (χ0) is 15.2. The Labute approximate surface area is 126 Å². The van der Waals surface area contributed by atoms with E-state index in [0.717, 1.165) is 28.1 Å². The van der Waals surface area contributed by atoms with Gasteiger partial charge in [-0.2, -0.15) is 0 Å². The quantitative estimate of drug-likeness (QED) is 0.904. The van der Waals surface area contributed by atoms with Crippen LogP contribution in [0.5, 0.6) is 5.75 Å². The van der Waals surface area contributed by atoms with E-state index < -0.39 is 0 Å². The molecule has 0 spiro atoms. The predicted molar refractivity (Wildman–Crippen MR) is 85.9 cm³/mol. The van der Waals surface area contributed by atoms with E-state index in [4.69, 9.17) is 4.74 Å². The van der Waals surface area contributed by atoms with Gasteiger partial charge in [0, 0.05) is 0 Å².